The average Bonchev–Trinajstić information content (AvgIpc) is 2.64. The number of allylic oxidation sites excluding steroid dienone is 2. The molecular formula is C14H19NO3. The van der Waals surface area contributed by atoms with Crippen LogP contribution in [0.5, 0.6) is 0 Å². The van der Waals surface area contributed by atoms with Gasteiger partial charge in [0.15, 0.2) is 0 Å². The van der Waals surface area contributed by atoms with Gasteiger partial charge in [-0.1, -0.05) is 11.6 Å². The van der Waals surface area contributed by atoms with Gasteiger partial charge >= 0.3 is 5.97 Å². The highest BCUT2D eigenvalue weighted by Crippen LogP contribution is 2.26. The fraction of sp³-hybridized carbons (Fsp3) is 0.571. The lowest BCUT2D eigenvalue weighted by molar-refractivity contribution is -0.134. The number of amides is 1. The molecule has 0 bridgehead atoms. The molecule has 2 rings (SSSR count). The first-order valence-electron chi connectivity index (χ1n) is 6.51. The fourth-order valence-electron chi connectivity index (χ4n) is 2.63. The second kappa shape index (κ2) is 5.38. The molecule has 0 aromatic heterocycles. The van der Waals surface area contributed by atoms with Gasteiger partial charge in [-0.25, -0.2) is 4.79 Å². The fourth-order valence-corrected chi connectivity index (χ4v) is 2.63. The highest BCUT2D eigenvalue weighted by Gasteiger charge is 2.30. The van der Waals surface area contributed by atoms with Crippen LogP contribution in [0.3, 0.4) is 0 Å². The first kappa shape index (κ1) is 12.9. The molecule has 1 aliphatic heterocycles. The Labute approximate surface area is 107 Å². The van der Waals surface area contributed by atoms with E-state index in [1.54, 1.807) is 11.8 Å². The van der Waals surface area contributed by atoms with Crippen LogP contribution < -0.4 is 0 Å². The molecule has 0 saturated carbocycles. The first-order valence-corrected chi connectivity index (χ1v) is 6.51. The van der Waals surface area contributed by atoms with E-state index in [2.05, 4.69) is 6.08 Å². The topological polar surface area (TPSA) is 57.6 Å². The summed E-state index contributed by atoms with van der Waals surface area (Å²) < 4.78 is 0. The smallest absolute Gasteiger partial charge is 0.333 e. The number of carboxylic acids is 1. The Morgan fingerprint density at radius 3 is 2.78 bits per heavy atom. The quantitative estimate of drug-likeness (QED) is 0.779. The summed E-state index contributed by atoms with van der Waals surface area (Å²) in [5.74, 6) is -1.05. The zero-order valence-corrected chi connectivity index (χ0v) is 10.7. The SMILES string of the molecule is CC1=C(C(=O)O)CC(=O)N1CCC1=CCCCC1. The lowest BCUT2D eigenvalue weighted by atomic mass is 9.97. The third kappa shape index (κ3) is 2.63. The van der Waals surface area contributed by atoms with E-state index < -0.39 is 5.97 Å². The molecule has 0 atom stereocenters. The minimum atomic E-state index is -0.972. The first-order chi connectivity index (χ1) is 8.59. The van der Waals surface area contributed by atoms with Crippen molar-refractivity contribution < 1.29 is 14.7 Å². The van der Waals surface area contributed by atoms with E-state index in [1.807, 2.05) is 0 Å². The zero-order chi connectivity index (χ0) is 13.1. The van der Waals surface area contributed by atoms with Crippen LogP contribution in [-0.4, -0.2) is 28.4 Å². The van der Waals surface area contributed by atoms with Crippen LogP contribution >= 0.6 is 0 Å². The second-order valence-electron chi connectivity index (χ2n) is 4.95. The third-order valence-electron chi connectivity index (χ3n) is 3.77. The Morgan fingerprint density at radius 1 is 1.44 bits per heavy atom. The summed E-state index contributed by atoms with van der Waals surface area (Å²) in [7, 11) is 0. The molecule has 1 amide bonds. The van der Waals surface area contributed by atoms with E-state index in [1.165, 1.54) is 18.4 Å². The zero-order valence-electron chi connectivity index (χ0n) is 10.7. The Hall–Kier alpha value is -1.58. The predicted octanol–water partition coefficient (Wildman–Crippen LogP) is 2.47. The molecule has 4 nitrogen and oxygen atoms in total. The van der Waals surface area contributed by atoms with Crippen LogP contribution in [0.25, 0.3) is 0 Å². The van der Waals surface area contributed by atoms with E-state index in [4.69, 9.17) is 5.11 Å². The predicted molar refractivity (Wildman–Crippen MR) is 67.8 cm³/mol. The van der Waals surface area contributed by atoms with Gasteiger partial charge in [0.2, 0.25) is 5.91 Å². The highest BCUT2D eigenvalue weighted by atomic mass is 16.4. The lowest BCUT2D eigenvalue weighted by Crippen LogP contribution is -2.25. The number of aliphatic carboxylic acids is 1. The Morgan fingerprint density at radius 2 is 2.22 bits per heavy atom. The van der Waals surface area contributed by atoms with E-state index in [-0.39, 0.29) is 17.9 Å². The number of hydrogen-bond donors (Lipinski definition) is 1. The van der Waals surface area contributed by atoms with Crippen molar-refractivity contribution in [1.82, 2.24) is 4.90 Å². The van der Waals surface area contributed by atoms with Crippen molar-refractivity contribution in [2.24, 2.45) is 0 Å². The van der Waals surface area contributed by atoms with Crippen molar-refractivity contribution in [1.29, 1.82) is 0 Å². The van der Waals surface area contributed by atoms with Gasteiger partial charge < -0.3 is 10.0 Å². The van der Waals surface area contributed by atoms with Crippen molar-refractivity contribution >= 4 is 11.9 Å². The van der Waals surface area contributed by atoms with Crippen molar-refractivity contribution in [3.8, 4) is 0 Å². The molecule has 0 saturated heterocycles. The molecule has 1 N–H and O–H groups in total. The standard InChI is InChI=1S/C14H19NO3/c1-10-12(14(17)18)9-13(16)15(10)8-7-11-5-3-2-4-6-11/h5H,2-4,6-9H2,1H3,(H,17,18). The molecule has 98 valence electrons. The Balaban J connectivity index is 1.98. The Kier molecular flexibility index (Phi) is 3.84. The third-order valence-corrected chi connectivity index (χ3v) is 3.77. The highest BCUT2D eigenvalue weighted by molar-refractivity contribution is 5.99. The molecule has 0 aromatic rings. The minimum Gasteiger partial charge on any atom is -0.478 e. The maximum absolute atomic E-state index is 11.8. The number of carbonyl (C=O) groups excluding carboxylic acids is 1. The van der Waals surface area contributed by atoms with Crippen LogP contribution in [0.15, 0.2) is 22.9 Å². The summed E-state index contributed by atoms with van der Waals surface area (Å²) in [6.07, 6.45) is 7.93. The largest absolute Gasteiger partial charge is 0.478 e. The van der Waals surface area contributed by atoms with E-state index >= 15 is 0 Å². The van der Waals surface area contributed by atoms with Crippen molar-refractivity contribution in [3.63, 3.8) is 0 Å². The number of hydrogen-bond acceptors (Lipinski definition) is 2. The summed E-state index contributed by atoms with van der Waals surface area (Å²) >= 11 is 0. The van der Waals surface area contributed by atoms with Crippen molar-refractivity contribution in [3.05, 3.63) is 22.9 Å². The number of carboxylic acid groups (broad SMARTS) is 1. The molecule has 4 heteroatoms. The van der Waals surface area contributed by atoms with Gasteiger partial charge in [0, 0.05) is 12.2 Å². The van der Waals surface area contributed by atoms with Crippen LogP contribution in [-0.2, 0) is 9.59 Å². The second-order valence-corrected chi connectivity index (χ2v) is 4.95. The molecule has 0 radical (unpaired) electrons. The van der Waals surface area contributed by atoms with Crippen molar-refractivity contribution in [2.75, 3.05) is 6.54 Å². The van der Waals surface area contributed by atoms with Gasteiger partial charge in [-0.3, -0.25) is 4.79 Å². The molecular weight excluding hydrogens is 230 g/mol. The molecule has 1 heterocycles. The van der Waals surface area contributed by atoms with Gasteiger partial charge in [0.05, 0.1) is 12.0 Å². The van der Waals surface area contributed by atoms with Crippen LogP contribution in [0.1, 0.15) is 45.4 Å². The summed E-state index contributed by atoms with van der Waals surface area (Å²) in [6, 6.07) is 0. The molecule has 0 spiro atoms. The molecule has 2 aliphatic rings. The van der Waals surface area contributed by atoms with E-state index in [0.29, 0.717) is 12.2 Å². The lowest BCUT2D eigenvalue weighted by Gasteiger charge is -2.20. The van der Waals surface area contributed by atoms with Gasteiger partial charge in [0.1, 0.15) is 0 Å². The number of carbonyl (C=O) groups is 2. The van der Waals surface area contributed by atoms with Crippen molar-refractivity contribution in [2.45, 2.75) is 45.4 Å². The van der Waals surface area contributed by atoms with E-state index in [0.717, 1.165) is 19.3 Å². The van der Waals surface area contributed by atoms with E-state index in [9.17, 15) is 9.59 Å². The van der Waals surface area contributed by atoms with Crippen LogP contribution in [0, 0.1) is 0 Å². The van der Waals surface area contributed by atoms with Gasteiger partial charge in [-0.15, -0.1) is 0 Å². The molecule has 18 heavy (non-hydrogen) atoms. The molecule has 1 aliphatic carbocycles. The molecule has 0 aromatic carbocycles. The van der Waals surface area contributed by atoms with Crippen LogP contribution in [0.4, 0.5) is 0 Å². The molecule has 0 unspecified atom stereocenters. The minimum absolute atomic E-state index is 0.0419. The number of nitrogens with zero attached hydrogens (tertiary/aromatic N) is 1. The normalized spacial score (nSPS) is 20.4. The summed E-state index contributed by atoms with van der Waals surface area (Å²) in [5.41, 5.74) is 2.27. The Bertz CT molecular complexity index is 434. The maximum Gasteiger partial charge on any atom is 0.333 e. The van der Waals surface area contributed by atoms with Gasteiger partial charge in [-0.05, 0) is 39.0 Å². The van der Waals surface area contributed by atoms with Gasteiger partial charge in [-0.2, -0.15) is 0 Å². The monoisotopic (exact) mass is 249 g/mol. The summed E-state index contributed by atoms with van der Waals surface area (Å²) in [6.45, 7) is 2.34. The summed E-state index contributed by atoms with van der Waals surface area (Å²) in [5, 5.41) is 8.99. The molecule has 0 fully saturated rings. The summed E-state index contributed by atoms with van der Waals surface area (Å²) in [4.78, 5) is 24.4. The van der Waals surface area contributed by atoms with Gasteiger partial charge in [0.25, 0.3) is 0 Å². The van der Waals surface area contributed by atoms with Crippen LogP contribution in [0.2, 0.25) is 0 Å². The maximum atomic E-state index is 11.8. The average molecular weight is 249 g/mol. The number of rotatable bonds is 4.